The fourth-order valence-corrected chi connectivity index (χ4v) is 2.97. The molecule has 0 bridgehead atoms. The summed E-state index contributed by atoms with van der Waals surface area (Å²) in [5.41, 5.74) is 0.927. The zero-order valence-corrected chi connectivity index (χ0v) is 14.9. The smallest absolute Gasteiger partial charge is 0.280 e. The molecule has 0 unspecified atom stereocenters. The Morgan fingerprint density at radius 3 is 2.71 bits per heavy atom. The predicted octanol–water partition coefficient (Wildman–Crippen LogP) is 3.48. The Balaban J connectivity index is 1.77. The van der Waals surface area contributed by atoms with Gasteiger partial charge in [-0.1, -0.05) is 18.2 Å². The van der Waals surface area contributed by atoms with Crippen LogP contribution < -0.4 is 10.7 Å². The molecule has 138 valence electrons. The molecule has 6 nitrogen and oxygen atoms in total. The number of nitrogens with one attached hydrogen (secondary N) is 1. The maximum atomic E-state index is 14.2. The molecule has 0 fully saturated rings. The van der Waals surface area contributed by atoms with Gasteiger partial charge in [-0.05, 0) is 43.3 Å². The van der Waals surface area contributed by atoms with Crippen LogP contribution in [0.15, 0.2) is 71.7 Å². The van der Waals surface area contributed by atoms with E-state index in [0.29, 0.717) is 16.9 Å². The number of amides is 1. The molecule has 0 aliphatic carbocycles. The summed E-state index contributed by atoms with van der Waals surface area (Å²) in [5, 5.41) is 7.56. The lowest BCUT2D eigenvalue weighted by Crippen LogP contribution is -2.27. The normalized spacial score (nSPS) is 10.8. The second-order valence-corrected chi connectivity index (χ2v) is 6.19. The summed E-state index contributed by atoms with van der Waals surface area (Å²) in [6, 6.07) is 16.1. The number of anilines is 1. The van der Waals surface area contributed by atoms with Crippen LogP contribution in [0, 0.1) is 12.7 Å². The molecule has 2 aromatic heterocycles. The number of hydrogen-bond acceptors (Lipinski definition) is 4. The number of aryl methyl sites for hydroxylation is 1. The fourth-order valence-electron chi connectivity index (χ4n) is 2.97. The minimum atomic E-state index is -0.675. The van der Waals surface area contributed by atoms with Gasteiger partial charge in [0.15, 0.2) is 5.69 Å². The van der Waals surface area contributed by atoms with E-state index in [1.165, 1.54) is 22.9 Å². The molecular formula is C21H15FN4O2. The standard InChI is InChI=1S/C21H15FN4O2/c1-13-12-19(27)20(25-26(13)18-10-3-2-7-15(18)22)21(28)24-17-9-4-8-16-14(17)6-5-11-23-16/h2-12H,1H3,(H,24,28). The largest absolute Gasteiger partial charge is 0.320 e. The quantitative estimate of drug-likeness (QED) is 0.596. The topological polar surface area (TPSA) is 76.9 Å². The fraction of sp³-hybridized carbons (Fsp3) is 0.0476. The second kappa shape index (κ2) is 7.03. The molecule has 2 aromatic carbocycles. The van der Waals surface area contributed by atoms with Crippen molar-refractivity contribution in [1.82, 2.24) is 14.8 Å². The van der Waals surface area contributed by atoms with E-state index >= 15 is 0 Å². The maximum Gasteiger partial charge on any atom is 0.280 e. The highest BCUT2D eigenvalue weighted by atomic mass is 19.1. The average Bonchev–Trinajstić information content (AvgIpc) is 2.69. The maximum absolute atomic E-state index is 14.2. The van der Waals surface area contributed by atoms with Crippen LogP contribution in [-0.4, -0.2) is 20.7 Å². The summed E-state index contributed by atoms with van der Waals surface area (Å²) in [7, 11) is 0. The van der Waals surface area contributed by atoms with Crippen molar-refractivity contribution >= 4 is 22.5 Å². The van der Waals surface area contributed by atoms with Crippen molar-refractivity contribution in [3.8, 4) is 5.69 Å². The number of halogens is 1. The first-order chi connectivity index (χ1) is 13.5. The van der Waals surface area contributed by atoms with Crippen molar-refractivity contribution in [3.05, 3.63) is 94.3 Å². The highest BCUT2D eigenvalue weighted by Gasteiger charge is 2.17. The summed E-state index contributed by atoms with van der Waals surface area (Å²) in [5.74, 6) is -1.18. The third-order valence-corrected chi connectivity index (χ3v) is 4.30. The molecule has 1 amide bonds. The van der Waals surface area contributed by atoms with Gasteiger partial charge in [0.2, 0.25) is 5.43 Å². The molecule has 0 aliphatic heterocycles. The molecule has 7 heteroatoms. The molecule has 0 saturated carbocycles. The number of pyridine rings is 1. The first-order valence-electron chi connectivity index (χ1n) is 8.55. The van der Waals surface area contributed by atoms with E-state index in [4.69, 9.17) is 0 Å². The monoisotopic (exact) mass is 374 g/mol. The minimum Gasteiger partial charge on any atom is -0.320 e. The summed E-state index contributed by atoms with van der Waals surface area (Å²) in [4.78, 5) is 29.4. The van der Waals surface area contributed by atoms with Gasteiger partial charge >= 0.3 is 0 Å². The van der Waals surface area contributed by atoms with Gasteiger partial charge in [0.25, 0.3) is 5.91 Å². The second-order valence-electron chi connectivity index (χ2n) is 6.19. The number of carbonyl (C=O) groups excluding carboxylic acids is 1. The molecule has 0 spiro atoms. The first kappa shape index (κ1) is 17.5. The third kappa shape index (κ3) is 3.14. The van der Waals surface area contributed by atoms with Crippen LogP contribution >= 0.6 is 0 Å². The lowest BCUT2D eigenvalue weighted by atomic mass is 10.2. The number of benzene rings is 2. The van der Waals surface area contributed by atoms with Gasteiger partial charge in [-0.2, -0.15) is 5.10 Å². The number of aromatic nitrogens is 3. The molecule has 0 atom stereocenters. The van der Waals surface area contributed by atoms with Crippen molar-refractivity contribution in [2.24, 2.45) is 0 Å². The van der Waals surface area contributed by atoms with Gasteiger partial charge < -0.3 is 5.32 Å². The van der Waals surface area contributed by atoms with Crippen LogP contribution in [0.25, 0.3) is 16.6 Å². The van der Waals surface area contributed by atoms with Gasteiger partial charge in [0, 0.05) is 23.3 Å². The van der Waals surface area contributed by atoms with Crippen LogP contribution in [0.2, 0.25) is 0 Å². The van der Waals surface area contributed by atoms with Crippen LogP contribution in [-0.2, 0) is 0 Å². The number of para-hydroxylation sites is 1. The highest BCUT2D eigenvalue weighted by Crippen LogP contribution is 2.21. The number of carbonyl (C=O) groups is 1. The number of nitrogens with zero attached hydrogens (tertiary/aromatic N) is 3. The predicted molar refractivity (Wildman–Crippen MR) is 104 cm³/mol. The van der Waals surface area contributed by atoms with E-state index in [1.54, 1.807) is 43.5 Å². The molecular weight excluding hydrogens is 359 g/mol. The molecule has 2 heterocycles. The van der Waals surface area contributed by atoms with Crippen molar-refractivity contribution in [1.29, 1.82) is 0 Å². The number of fused-ring (bicyclic) bond motifs is 1. The Morgan fingerprint density at radius 2 is 1.89 bits per heavy atom. The van der Waals surface area contributed by atoms with E-state index in [0.717, 1.165) is 5.39 Å². The molecule has 0 radical (unpaired) electrons. The molecule has 1 N–H and O–H groups in total. The van der Waals surface area contributed by atoms with Gasteiger partial charge in [-0.3, -0.25) is 14.6 Å². The molecule has 28 heavy (non-hydrogen) atoms. The Morgan fingerprint density at radius 1 is 1.07 bits per heavy atom. The summed E-state index contributed by atoms with van der Waals surface area (Å²) in [6.45, 7) is 1.62. The molecule has 4 rings (SSSR count). The van der Waals surface area contributed by atoms with Gasteiger partial charge in [0.1, 0.15) is 11.5 Å². The summed E-state index contributed by atoms with van der Waals surface area (Å²) >= 11 is 0. The van der Waals surface area contributed by atoms with Crippen molar-refractivity contribution in [2.45, 2.75) is 6.92 Å². The van der Waals surface area contributed by atoms with E-state index in [9.17, 15) is 14.0 Å². The van der Waals surface area contributed by atoms with Crippen LogP contribution in [0.3, 0.4) is 0 Å². The van der Waals surface area contributed by atoms with E-state index < -0.39 is 17.2 Å². The number of rotatable bonds is 3. The van der Waals surface area contributed by atoms with Crippen molar-refractivity contribution in [3.63, 3.8) is 0 Å². The Bertz CT molecular complexity index is 1260. The lowest BCUT2D eigenvalue weighted by molar-refractivity contribution is 0.101. The molecule has 0 saturated heterocycles. The Hall–Kier alpha value is -3.87. The van der Waals surface area contributed by atoms with E-state index in [-0.39, 0.29) is 11.4 Å². The first-order valence-corrected chi connectivity index (χ1v) is 8.55. The van der Waals surface area contributed by atoms with Crippen LogP contribution in [0.5, 0.6) is 0 Å². The Labute approximate surface area is 159 Å². The number of hydrogen-bond donors (Lipinski definition) is 1. The van der Waals surface area contributed by atoms with Gasteiger partial charge in [-0.25, -0.2) is 9.07 Å². The molecule has 4 aromatic rings. The van der Waals surface area contributed by atoms with Crippen LogP contribution in [0.1, 0.15) is 16.2 Å². The third-order valence-electron chi connectivity index (χ3n) is 4.30. The molecule has 0 aliphatic rings. The lowest BCUT2D eigenvalue weighted by Gasteiger charge is -2.12. The van der Waals surface area contributed by atoms with E-state index in [1.807, 2.05) is 12.1 Å². The van der Waals surface area contributed by atoms with Crippen LogP contribution in [0.4, 0.5) is 10.1 Å². The zero-order chi connectivity index (χ0) is 19.7. The van der Waals surface area contributed by atoms with Crippen molar-refractivity contribution < 1.29 is 9.18 Å². The SMILES string of the molecule is Cc1cc(=O)c(C(=O)Nc2cccc3ncccc23)nn1-c1ccccc1F. The zero-order valence-electron chi connectivity index (χ0n) is 14.9. The Kier molecular flexibility index (Phi) is 4.41. The highest BCUT2D eigenvalue weighted by molar-refractivity contribution is 6.07. The minimum absolute atomic E-state index is 0.156. The average molecular weight is 374 g/mol. The van der Waals surface area contributed by atoms with Gasteiger partial charge in [0.05, 0.1) is 11.2 Å². The van der Waals surface area contributed by atoms with Gasteiger partial charge in [-0.15, -0.1) is 0 Å². The van der Waals surface area contributed by atoms with E-state index in [2.05, 4.69) is 15.4 Å². The van der Waals surface area contributed by atoms with Crippen molar-refractivity contribution in [2.75, 3.05) is 5.32 Å². The summed E-state index contributed by atoms with van der Waals surface area (Å²) in [6.07, 6.45) is 1.66. The summed E-state index contributed by atoms with van der Waals surface area (Å²) < 4.78 is 15.4.